The zero-order valence-electron chi connectivity index (χ0n) is 14.8. The summed E-state index contributed by atoms with van der Waals surface area (Å²) < 4.78 is 0. The Balaban J connectivity index is 1.73. The maximum atomic E-state index is 12.0. The predicted octanol–water partition coefficient (Wildman–Crippen LogP) is 5.40. The van der Waals surface area contributed by atoms with Crippen LogP contribution in [-0.2, 0) is 4.79 Å². The van der Waals surface area contributed by atoms with Gasteiger partial charge in [0.15, 0.2) is 5.78 Å². The summed E-state index contributed by atoms with van der Waals surface area (Å²) in [5.74, 6) is 4.60. The normalized spacial score (nSPS) is 54.3. The van der Waals surface area contributed by atoms with Gasteiger partial charge < -0.3 is 0 Å². The Labute approximate surface area is 135 Å². The summed E-state index contributed by atoms with van der Waals surface area (Å²) in [6, 6.07) is 0. The number of hydrogen-bond donors (Lipinski definition) is 0. The van der Waals surface area contributed by atoms with Crippen LogP contribution >= 0.6 is 0 Å². The van der Waals surface area contributed by atoms with E-state index in [2.05, 4.69) is 33.8 Å². The highest BCUT2D eigenvalue weighted by Crippen LogP contribution is 2.67. The third-order valence-corrected chi connectivity index (χ3v) is 8.75. The summed E-state index contributed by atoms with van der Waals surface area (Å²) in [6.07, 6.45) is 11.0. The van der Waals surface area contributed by atoms with Crippen molar-refractivity contribution in [2.24, 2.45) is 40.4 Å². The minimum Gasteiger partial charge on any atom is -0.295 e. The molecular formula is C21H32O. The average molecular weight is 300 g/mol. The number of allylic oxidation sites excluding steroid dienone is 1. The topological polar surface area (TPSA) is 17.1 Å². The number of carbonyl (C=O) groups excluding carboxylic acids is 1. The first-order valence-corrected chi connectivity index (χ1v) is 9.61. The van der Waals surface area contributed by atoms with Gasteiger partial charge in [0.05, 0.1) is 0 Å². The standard InChI is InChI=1S/C21H32O/c1-13-11-16-17-6-5-14(2)20(17,3)10-8-18(16)21(4)9-7-15(22)12-19(13)21/h12-14,16-18H,5-11H2,1-4H3. The molecule has 0 spiro atoms. The van der Waals surface area contributed by atoms with Gasteiger partial charge in [0.25, 0.3) is 0 Å². The van der Waals surface area contributed by atoms with E-state index in [0.717, 1.165) is 36.5 Å². The molecule has 0 bridgehead atoms. The van der Waals surface area contributed by atoms with Crippen LogP contribution in [0.15, 0.2) is 11.6 Å². The van der Waals surface area contributed by atoms with Gasteiger partial charge in [-0.25, -0.2) is 0 Å². The van der Waals surface area contributed by atoms with E-state index in [1.165, 1.54) is 37.7 Å². The summed E-state index contributed by atoms with van der Waals surface area (Å²) in [6.45, 7) is 9.98. The van der Waals surface area contributed by atoms with Gasteiger partial charge in [-0.05, 0) is 85.0 Å². The molecule has 22 heavy (non-hydrogen) atoms. The van der Waals surface area contributed by atoms with Gasteiger partial charge in [0.1, 0.15) is 0 Å². The van der Waals surface area contributed by atoms with Crippen molar-refractivity contribution < 1.29 is 4.79 Å². The zero-order valence-corrected chi connectivity index (χ0v) is 14.8. The van der Waals surface area contributed by atoms with Crippen molar-refractivity contribution in [1.82, 2.24) is 0 Å². The van der Waals surface area contributed by atoms with Gasteiger partial charge in [-0.2, -0.15) is 0 Å². The summed E-state index contributed by atoms with van der Waals surface area (Å²) in [7, 11) is 0. The second kappa shape index (κ2) is 4.71. The quantitative estimate of drug-likeness (QED) is 0.585. The van der Waals surface area contributed by atoms with Crippen molar-refractivity contribution in [1.29, 1.82) is 0 Å². The van der Waals surface area contributed by atoms with Gasteiger partial charge >= 0.3 is 0 Å². The summed E-state index contributed by atoms with van der Waals surface area (Å²) in [5, 5.41) is 0. The fraction of sp³-hybridized carbons (Fsp3) is 0.857. The highest BCUT2D eigenvalue weighted by Gasteiger charge is 2.59. The molecule has 3 fully saturated rings. The summed E-state index contributed by atoms with van der Waals surface area (Å²) in [4.78, 5) is 12.0. The lowest BCUT2D eigenvalue weighted by Crippen LogP contribution is -2.52. The smallest absolute Gasteiger partial charge is 0.155 e. The van der Waals surface area contributed by atoms with Gasteiger partial charge in [0.2, 0.25) is 0 Å². The van der Waals surface area contributed by atoms with Gasteiger partial charge in [-0.15, -0.1) is 0 Å². The van der Waals surface area contributed by atoms with Crippen molar-refractivity contribution >= 4 is 5.78 Å². The Bertz CT molecular complexity index is 532. The molecule has 0 aromatic rings. The lowest BCUT2D eigenvalue weighted by molar-refractivity contribution is -0.118. The number of rotatable bonds is 0. The average Bonchev–Trinajstić information content (AvgIpc) is 2.77. The minimum absolute atomic E-state index is 0.323. The van der Waals surface area contributed by atoms with Crippen LogP contribution in [0.2, 0.25) is 0 Å². The molecule has 0 N–H and O–H groups in total. The minimum atomic E-state index is 0.323. The first-order valence-electron chi connectivity index (χ1n) is 9.61. The Morgan fingerprint density at radius 1 is 1.05 bits per heavy atom. The van der Waals surface area contributed by atoms with E-state index in [1.807, 2.05) is 0 Å². The molecule has 7 unspecified atom stereocenters. The van der Waals surface area contributed by atoms with Crippen molar-refractivity contribution in [3.8, 4) is 0 Å². The Hall–Kier alpha value is -0.590. The van der Waals surface area contributed by atoms with Gasteiger partial charge in [0, 0.05) is 6.42 Å². The Morgan fingerprint density at radius 3 is 2.59 bits per heavy atom. The maximum Gasteiger partial charge on any atom is 0.155 e. The second-order valence-electron chi connectivity index (χ2n) is 9.52. The predicted molar refractivity (Wildman–Crippen MR) is 90.4 cm³/mol. The molecule has 0 heterocycles. The fourth-order valence-corrected chi connectivity index (χ4v) is 7.25. The molecule has 4 aliphatic rings. The number of hydrogen-bond acceptors (Lipinski definition) is 1. The van der Waals surface area contributed by atoms with Gasteiger partial charge in [-0.3, -0.25) is 4.79 Å². The number of fused-ring (bicyclic) bond motifs is 5. The van der Waals surface area contributed by atoms with Crippen molar-refractivity contribution in [3.63, 3.8) is 0 Å². The molecule has 122 valence electrons. The van der Waals surface area contributed by atoms with Crippen molar-refractivity contribution in [2.75, 3.05) is 0 Å². The first-order chi connectivity index (χ1) is 10.4. The van der Waals surface area contributed by atoms with Crippen LogP contribution in [0, 0.1) is 40.4 Å². The van der Waals surface area contributed by atoms with Crippen LogP contribution in [0.3, 0.4) is 0 Å². The summed E-state index contributed by atoms with van der Waals surface area (Å²) in [5.41, 5.74) is 2.44. The molecule has 7 atom stereocenters. The van der Waals surface area contributed by atoms with Crippen LogP contribution in [0.4, 0.5) is 0 Å². The van der Waals surface area contributed by atoms with Crippen LogP contribution < -0.4 is 0 Å². The molecule has 4 aliphatic carbocycles. The molecule has 0 aromatic heterocycles. The molecule has 4 rings (SSSR count). The van der Waals surface area contributed by atoms with Crippen molar-refractivity contribution in [3.05, 3.63) is 11.6 Å². The number of carbonyl (C=O) groups is 1. The molecule has 0 saturated heterocycles. The molecule has 1 heteroatoms. The largest absolute Gasteiger partial charge is 0.295 e. The molecule has 1 nitrogen and oxygen atoms in total. The first kappa shape index (κ1) is 15.0. The van der Waals surface area contributed by atoms with Crippen LogP contribution in [0.25, 0.3) is 0 Å². The fourth-order valence-electron chi connectivity index (χ4n) is 7.25. The summed E-state index contributed by atoms with van der Waals surface area (Å²) >= 11 is 0. The lowest BCUT2D eigenvalue weighted by atomic mass is 9.45. The molecule has 0 amide bonds. The Kier molecular flexibility index (Phi) is 3.20. The third-order valence-electron chi connectivity index (χ3n) is 8.75. The van der Waals surface area contributed by atoms with Crippen molar-refractivity contribution in [2.45, 2.75) is 72.6 Å². The molecular weight excluding hydrogens is 268 g/mol. The van der Waals surface area contributed by atoms with E-state index in [1.54, 1.807) is 0 Å². The highest BCUT2D eigenvalue weighted by atomic mass is 16.1. The number of ketones is 1. The molecule has 0 radical (unpaired) electrons. The van der Waals surface area contributed by atoms with Crippen LogP contribution in [0.1, 0.15) is 72.6 Å². The SMILES string of the molecule is CC1CC2C(CCC3(C)C(C)CCC23)C2(C)CCC(=O)C=C12. The van der Waals surface area contributed by atoms with Crippen LogP contribution in [-0.4, -0.2) is 5.78 Å². The van der Waals surface area contributed by atoms with Gasteiger partial charge in [-0.1, -0.05) is 33.3 Å². The molecule has 0 aromatic carbocycles. The highest BCUT2D eigenvalue weighted by molar-refractivity contribution is 5.91. The zero-order chi connectivity index (χ0) is 15.7. The maximum absolute atomic E-state index is 12.0. The van der Waals surface area contributed by atoms with E-state index in [0.29, 0.717) is 22.5 Å². The van der Waals surface area contributed by atoms with E-state index < -0.39 is 0 Å². The van der Waals surface area contributed by atoms with Crippen LogP contribution in [0.5, 0.6) is 0 Å². The van der Waals surface area contributed by atoms with E-state index in [9.17, 15) is 4.79 Å². The van der Waals surface area contributed by atoms with E-state index in [4.69, 9.17) is 0 Å². The lowest BCUT2D eigenvalue weighted by Gasteiger charge is -2.59. The third kappa shape index (κ3) is 1.80. The molecule has 3 saturated carbocycles. The van der Waals surface area contributed by atoms with E-state index >= 15 is 0 Å². The van der Waals surface area contributed by atoms with E-state index in [-0.39, 0.29) is 0 Å². The second-order valence-corrected chi connectivity index (χ2v) is 9.52. The molecule has 0 aliphatic heterocycles. The monoisotopic (exact) mass is 300 g/mol. The Morgan fingerprint density at radius 2 is 1.82 bits per heavy atom.